The van der Waals surface area contributed by atoms with Crippen LogP contribution in [-0.2, 0) is 9.59 Å². The molecule has 0 aliphatic heterocycles. The summed E-state index contributed by atoms with van der Waals surface area (Å²) in [4.78, 5) is 21.8. The Balaban J connectivity index is 0.000000191. The van der Waals surface area contributed by atoms with E-state index in [1.807, 2.05) is 72.8 Å². The van der Waals surface area contributed by atoms with Crippen LogP contribution in [0.3, 0.4) is 0 Å². The van der Waals surface area contributed by atoms with Crippen LogP contribution in [0.1, 0.15) is 36.8 Å². The van der Waals surface area contributed by atoms with Crippen molar-refractivity contribution in [1.82, 2.24) is 0 Å². The first-order valence-electron chi connectivity index (χ1n) is 10.8. The van der Waals surface area contributed by atoms with E-state index in [-0.39, 0.29) is 0 Å². The van der Waals surface area contributed by atoms with Gasteiger partial charge in [-0.15, -0.1) is 0 Å². The van der Waals surface area contributed by atoms with Gasteiger partial charge >= 0.3 is 11.9 Å². The molecular weight excluding hydrogens is 432 g/mol. The molecule has 4 aromatic carbocycles. The lowest BCUT2D eigenvalue weighted by atomic mass is 9.98. The van der Waals surface area contributed by atoms with E-state index in [1.54, 1.807) is 28.1 Å². The summed E-state index contributed by atoms with van der Waals surface area (Å²) in [6.45, 7) is 3.38. The number of rotatable bonds is 6. The number of methoxy groups -OCH3 is 2. The summed E-state index contributed by atoms with van der Waals surface area (Å²) in [5.74, 6) is -0.980. The van der Waals surface area contributed by atoms with Crippen molar-refractivity contribution < 1.29 is 29.3 Å². The predicted octanol–water partition coefficient (Wildman–Crippen LogP) is 6.07. The Morgan fingerprint density at radius 3 is 1.24 bits per heavy atom. The van der Waals surface area contributed by atoms with Crippen LogP contribution in [0, 0.1) is 0 Å². The molecule has 176 valence electrons. The Labute approximate surface area is 198 Å². The molecule has 2 atom stereocenters. The second-order valence-electron chi connectivity index (χ2n) is 8.06. The van der Waals surface area contributed by atoms with Crippen LogP contribution in [0.4, 0.5) is 0 Å². The van der Waals surface area contributed by atoms with Crippen molar-refractivity contribution in [3.05, 3.63) is 83.9 Å². The summed E-state index contributed by atoms with van der Waals surface area (Å²) in [5, 5.41) is 22.1. The van der Waals surface area contributed by atoms with Crippen molar-refractivity contribution in [3.63, 3.8) is 0 Å². The molecule has 1 unspecified atom stereocenters. The third-order valence-electron chi connectivity index (χ3n) is 5.88. The van der Waals surface area contributed by atoms with Gasteiger partial charge in [-0.2, -0.15) is 0 Å². The third kappa shape index (κ3) is 5.64. The van der Waals surface area contributed by atoms with Crippen LogP contribution >= 0.6 is 0 Å². The molecule has 0 heterocycles. The maximum atomic E-state index is 10.9. The minimum absolute atomic E-state index is 0.485. The monoisotopic (exact) mass is 460 g/mol. The van der Waals surface area contributed by atoms with E-state index in [2.05, 4.69) is 0 Å². The third-order valence-corrected chi connectivity index (χ3v) is 5.88. The molecule has 6 heteroatoms. The lowest BCUT2D eigenvalue weighted by molar-refractivity contribution is -0.139. The Kier molecular flexibility index (Phi) is 7.74. The number of carbonyl (C=O) groups is 2. The first-order valence-corrected chi connectivity index (χ1v) is 10.8. The van der Waals surface area contributed by atoms with E-state index >= 15 is 0 Å². The predicted molar refractivity (Wildman–Crippen MR) is 133 cm³/mol. The largest absolute Gasteiger partial charge is 0.497 e. The zero-order valence-electron chi connectivity index (χ0n) is 19.6. The van der Waals surface area contributed by atoms with Gasteiger partial charge in [0.2, 0.25) is 0 Å². The minimum atomic E-state index is -0.808. The smallest absolute Gasteiger partial charge is 0.310 e. The van der Waals surface area contributed by atoms with Gasteiger partial charge in [-0.05, 0) is 70.8 Å². The summed E-state index contributed by atoms with van der Waals surface area (Å²) >= 11 is 0. The quantitative estimate of drug-likeness (QED) is 0.363. The molecule has 0 spiro atoms. The Bertz CT molecular complexity index is 1220. The zero-order valence-corrected chi connectivity index (χ0v) is 19.6. The molecule has 4 rings (SSSR count). The standard InChI is InChI=1S/2C14H14O3/c2*1-9(14(15)16)10-3-4-12-8-13(17-2)6-5-11(12)7-10/h2*3-9H,1-2H3,(H,15,16)/t9-;/m0./s1. The summed E-state index contributed by atoms with van der Waals surface area (Å²) in [5.41, 5.74) is 1.63. The maximum Gasteiger partial charge on any atom is 0.310 e. The Morgan fingerprint density at radius 2 is 0.912 bits per heavy atom. The second kappa shape index (κ2) is 10.7. The van der Waals surface area contributed by atoms with Gasteiger partial charge in [0.15, 0.2) is 0 Å². The fraction of sp³-hybridized carbons (Fsp3) is 0.214. The number of carboxylic acids is 2. The van der Waals surface area contributed by atoms with Crippen LogP contribution in [0.15, 0.2) is 72.8 Å². The van der Waals surface area contributed by atoms with E-state index in [0.29, 0.717) is 0 Å². The first kappa shape index (κ1) is 24.6. The van der Waals surface area contributed by atoms with Gasteiger partial charge < -0.3 is 19.7 Å². The molecule has 4 aromatic rings. The molecule has 0 aliphatic rings. The van der Waals surface area contributed by atoms with Gasteiger partial charge in [0.25, 0.3) is 0 Å². The maximum absolute atomic E-state index is 10.9. The number of hydrogen-bond donors (Lipinski definition) is 2. The van der Waals surface area contributed by atoms with E-state index in [4.69, 9.17) is 19.7 Å². The van der Waals surface area contributed by atoms with Gasteiger partial charge in [-0.3, -0.25) is 9.59 Å². The molecule has 0 amide bonds. The van der Waals surface area contributed by atoms with Crippen molar-refractivity contribution in [3.8, 4) is 11.5 Å². The van der Waals surface area contributed by atoms with Crippen molar-refractivity contribution in [2.24, 2.45) is 0 Å². The molecule has 0 fully saturated rings. The van der Waals surface area contributed by atoms with E-state index in [9.17, 15) is 9.59 Å². The lowest BCUT2D eigenvalue weighted by Crippen LogP contribution is -2.06. The summed E-state index contributed by atoms with van der Waals surface area (Å²) in [6.07, 6.45) is 0. The second-order valence-corrected chi connectivity index (χ2v) is 8.06. The molecule has 2 N–H and O–H groups in total. The Hall–Kier alpha value is -4.06. The number of hydrogen-bond acceptors (Lipinski definition) is 4. The normalized spacial score (nSPS) is 12.4. The van der Waals surface area contributed by atoms with Gasteiger partial charge in [0.1, 0.15) is 11.5 Å². The summed E-state index contributed by atoms with van der Waals surface area (Å²) in [7, 11) is 3.25. The van der Waals surface area contributed by atoms with Crippen LogP contribution in [0.5, 0.6) is 11.5 Å². The van der Waals surface area contributed by atoms with Crippen LogP contribution in [0.2, 0.25) is 0 Å². The number of carboxylic acid groups (broad SMARTS) is 2. The first-order chi connectivity index (χ1) is 16.2. The average molecular weight is 461 g/mol. The van der Waals surface area contributed by atoms with Crippen LogP contribution in [0.25, 0.3) is 21.5 Å². The number of fused-ring (bicyclic) bond motifs is 2. The lowest BCUT2D eigenvalue weighted by Gasteiger charge is -2.08. The molecule has 6 nitrogen and oxygen atoms in total. The van der Waals surface area contributed by atoms with E-state index in [1.165, 1.54) is 0 Å². The highest BCUT2D eigenvalue weighted by Gasteiger charge is 2.14. The minimum Gasteiger partial charge on any atom is -0.497 e. The fourth-order valence-electron chi connectivity index (χ4n) is 3.56. The number of ether oxygens (including phenoxy) is 2. The van der Waals surface area contributed by atoms with Crippen LogP contribution < -0.4 is 9.47 Å². The zero-order chi connectivity index (χ0) is 24.8. The fourth-order valence-corrected chi connectivity index (χ4v) is 3.56. The van der Waals surface area contributed by atoms with Gasteiger partial charge in [0.05, 0.1) is 26.1 Å². The van der Waals surface area contributed by atoms with Crippen molar-refractivity contribution in [1.29, 1.82) is 0 Å². The molecule has 0 aliphatic carbocycles. The summed E-state index contributed by atoms with van der Waals surface area (Å²) < 4.78 is 10.3. The molecule has 0 radical (unpaired) electrons. The van der Waals surface area contributed by atoms with Gasteiger partial charge in [-0.1, -0.05) is 48.5 Å². The van der Waals surface area contributed by atoms with E-state index in [0.717, 1.165) is 44.2 Å². The highest BCUT2D eigenvalue weighted by atomic mass is 16.5. The topological polar surface area (TPSA) is 93.1 Å². The molecule has 0 bridgehead atoms. The van der Waals surface area contributed by atoms with Crippen LogP contribution in [-0.4, -0.2) is 36.4 Å². The SMILES string of the molecule is COc1ccc2cc(C(C)C(=O)O)ccc2c1.COc1ccc2cc([C@H](C)C(=O)O)ccc2c1. The molecule has 34 heavy (non-hydrogen) atoms. The van der Waals surface area contributed by atoms with Gasteiger partial charge in [0, 0.05) is 0 Å². The van der Waals surface area contributed by atoms with Gasteiger partial charge in [-0.25, -0.2) is 0 Å². The highest BCUT2D eigenvalue weighted by Crippen LogP contribution is 2.26. The number of aliphatic carboxylic acids is 2. The molecule has 0 saturated heterocycles. The molecule has 0 aromatic heterocycles. The summed E-state index contributed by atoms with van der Waals surface area (Å²) in [6, 6.07) is 22.9. The average Bonchev–Trinajstić information content (AvgIpc) is 2.86. The van der Waals surface area contributed by atoms with E-state index < -0.39 is 23.8 Å². The van der Waals surface area contributed by atoms with Crippen molar-refractivity contribution in [2.75, 3.05) is 14.2 Å². The van der Waals surface area contributed by atoms with Crippen molar-refractivity contribution in [2.45, 2.75) is 25.7 Å². The van der Waals surface area contributed by atoms with Crippen molar-refractivity contribution >= 4 is 33.5 Å². The molecular formula is C28H28O6. The molecule has 0 saturated carbocycles. The number of benzene rings is 4. The highest BCUT2D eigenvalue weighted by molar-refractivity contribution is 5.87. The Morgan fingerprint density at radius 1 is 0.588 bits per heavy atom.